The van der Waals surface area contributed by atoms with Crippen LogP contribution in [0.25, 0.3) is 5.78 Å². The van der Waals surface area contributed by atoms with E-state index in [-0.39, 0.29) is 5.69 Å². The van der Waals surface area contributed by atoms with E-state index in [0.717, 1.165) is 4.52 Å². The number of rotatable bonds is 0. The number of H-pyrrole nitrogens is 1. The highest BCUT2D eigenvalue weighted by Crippen LogP contribution is 1.86. The molecule has 2 aromatic heterocycles. The quantitative estimate of drug-likeness (QED) is 0.530. The Bertz CT molecular complexity index is 441. The van der Waals surface area contributed by atoms with Gasteiger partial charge in [0.25, 0.3) is 5.78 Å². The summed E-state index contributed by atoms with van der Waals surface area (Å²) in [5.41, 5.74) is -0.315. The van der Waals surface area contributed by atoms with E-state index >= 15 is 0 Å². The molecule has 0 aliphatic heterocycles. The van der Waals surface area contributed by atoms with Crippen molar-refractivity contribution < 1.29 is 0 Å². The van der Waals surface area contributed by atoms with Crippen LogP contribution in [-0.2, 0) is 0 Å². The number of nitrogens with zero attached hydrogens (tertiary/aromatic N) is 4. The van der Waals surface area contributed by atoms with Crippen LogP contribution in [0.3, 0.4) is 0 Å². The van der Waals surface area contributed by atoms with Crippen LogP contribution >= 0.6 is 0 Å². The van der Waals surface area contributed by atoms with Crippen molar-refractivity contribution in [2.75, 3.05) is 0 Å². The maximum Gasteiger partial charge on any atom is 0.350 e. The van der Waals surface area contributed by atoms with E-state index in [0.29, 0.717) is 11.6 Å². The standard InChI is InChI=1S/C5H5N5O/c1-3-8-4-6-2-7-10(4)5(11)9-3/h2H,1H3,(H,6,7,8,9,11). The van der Waals surface area contributed by atoms with Gasteiger partial charge in [0.2, 0.25) is 0 Å². The Morgan fingerprint density at radius 3 is 3.27 bits per heavy atom. The fourth-order valence-corrected chi connectivity index (χ4v) is 0.841. The average molecular weight is 151 g/mol. The first-order chi connectivity index (χ1) is 5.27. The minimum absolute atomic E-state index is 0.315. The molecule has 0 fully saturated rings. The van der Waals surface area contributed by atoms with Crippen LogP contribution in [0.2, 0.25) is 0 Å². The summed E-state index contributed by atoms with van der Waals surface area (Å²) < 4.78 is 1.10. The van der Waals surface area contributed by atoms with Gasteiger partial charge in [-0.2, -0.15) is 9.97 Å². The van der Waals surface area contributed by atoms with Gasteiger partial charge in [0.1, 0.15) is 12.2 Å². The summed E-state index contributed by atoms with van der Waals surface area (Å²) in [7, 11) is 0. The van der Waals surface area contributed by atoms with Crippen LogP contribution in [0.4, 0.5) is 0 Å². The van der Waals surface area contributed by atoms with Gasteiger partial charge in [-0.1, -0.05) is 0 Å². The lowest BCUT2D eigenvalue weighted by atomic mass is 10.7. The monoisotopic (exact) mass is 151 g/mol. The second-order valence-electron chi connectivity index (χ2n) is 2.10. The summed E-state index contributed by atoms with van der Waals surface area (Å²) in [6, 6.07) is 0. The number of aromatic amines is 1. The van der Waals surface area contributed by atoms with Crippen molar-refractivity contribution in [1.29, 1.82) is 0 Å². The van der Waals surface area contributed by atoms with Gasteiger partial charge in [0.05, 0.1) is 0 Å². The van der Waals surface area contributed by atoms with Crippen molar-refractivity contribution in [3.05, 3.63) is 22.6 Å². The summed E-state index contributed by atoms with van der Waals surface area (Å²) in [5.74, 6) is 0.863. The molecule has 0 amide bonds. The maximum absolute atomic E-state index is 11.0. The van der Waals surface area contributed by atoms with Crippen molar-refractivity contribution >= 4 is 5.78 Å². The Hall–Kier alpha value is -1.72. The first-order valence-corrected chi connectivity index (χ1v) is 3.04. The zero-order valence-corrected chi connectivity index (χ0v) is 5.77. The summed E-state index contributed by atoms with van der Waals surface area (Å²) >= 11 is 0. The number of aromatic nitrogens is 5. The zero-order valence-electron chi connectivity index (χ0n) is 5.77. The van der Waals surface area contributed by atoms with E-state index in [9.17, 15) is 4.79 Å². The topological polar surface area (TPSA) is 75.9 Å². The smallest absolute Gasteiger partial charge is 0.294 e. The fraction of sp³-hybridized carbons (Fsp3) is 0.200. The highest BCUT2D eigenvalue weighted by atomic mass is 16.1. The van der Waals surface area contributed by atoms with Crippen LogP contribution < -0.4 is 5.69 Å². The predicted molar refractivity (Wildman–Crippen MR) is 36.1 cm³/mol. The summed E-state index contributed by atoms with van der Waals surface area (Å²) in [4.78, 5) is 21.2. The Labute approximate surface area is 60.9 Å². The molecular formula is C5H5N5O. The molecule has 6 heteroatoms. The first-order valence-electron chi connectivity index (χ1n) is 3.04. The van der Waals surface area contributed by atoms with Gasteiger partial charge in [-0.05, 0) is 6.92 Å². The fourth-order valence-electron chi connectivity index (χ4n) is 0.841. The number of nitrogens with one attached hydrogen (secondary N) is 1. The number of aryl methyl sites for hydroxylation is 1. The number of hydrogen-bond donors (Lipinski definition) is 1. The van der Waals surface area contributed by atoms with Crippen LogP contribution in [0, 0.1) is 6.92 Å². The Kier molecular flexibility index (Phi) is 1.03. The van der Waals surface area contributed by atoms with Gasteiger partial charge in [0, 0.05) is 0 Å². The molecule has 0 aromatic carbocycles. The average Bonchev–Trinajstić information content (AvgIpc) is 2.34. The summed E-state index contributed by atoms with van der Waals surface area (Å²) in [6.07, 6.45) is 1.29. The third-order valence-electron chi connectivity index (χ3n) is 1.28. The van der Waals surface area contributed by atoms with E-state index in [2.05, 4.69) is 20.1 Å². The molecule has 0 atom stereocenters. The van der Waals surface area contributed by atoms with E-state index in [1.807, 2.05) is 0 Å². The summed E-state index contributed by atoms with van der Waals surface area (Å²) in [5, 5.41) is 3.66. The van der Waals surface area contributed by atoms with Crippen molar-refractivity contribution in [1.82, 2.24) is 24.6 Å². The Balaban J connectivity index is 3.02. The highest BCUT2D eigenvalue weighted by Gasteiger charge is 1.99. The third kappa shape index (κ3) is 0.794. The summed E-state index contributed by atoms with van der Waals surface area (Å²) in [6.45, 7) is 1.69. The van der Waals surface area contributed by atoms with Gasteiger partial charge in [-0.15, -0.1) is 9.61 Å². The molecule has 6 nitrogen and oxygen atoms in total. The molecule has 0 spiro atoms. The SMILES string of the molecule is Cc1nc2ncnn2c(=O)[nH]1. The molecule has 1 N–H and O–H groups in total. The van der Waals surface area contributed by atoms with Crippen LogP contribution in [0.5, 0.6) is 0 Å². The second kappa shape index (κ2) is 1.88. The van der Waals surface area contributed by atoms with Gasteiger partial charge in [0.15, 0.2) is 0 Å². The molecule has 2 aromatic rings. The van der Waals surface area contributed by atoms with Gasteiger partial charge in [-0.3, -0.25) is 4.98 Å². The van der Waals surface area contributed by atoms with E-state index in [4.69, 9.17) is 0 Å². The third-order valence-corrected chi connectivity index (χ3v) is 1.28. The zero-order chi connectivity index (χ0) is 7.84. The van der Waals surface area contributed by atoms with E-state index in [1.54, 1.807) is 6.92 Å². The molecule has 56 valence electrons. The molecule has 2 rings (SSSR count). The first kappa shape index (κ1) is 6.02. The normalized spacial score (nSPS) is 10.6. The second-order valence-corrected chi connectivity index (χ2v) is 2.10. The minimum Gasteiger partial charge on any atom is -0.294 e. The Morgan fingerprint density at radius 2 is 2.45 bits per heavy atom. The lowest BCUT2D eigenvalue weighted by Crippen LogP contribution is -2.19. The highest BCUT2D eigenvalue weighted by molar-refractivity contribution is 5.22. The van der Waals surface area contributed by atoms with E-state index in [1.165, 1.54) is 6.33 Å². The molecule has 0 unspecified atom stereocenters. The number of fused-ring (bicyclic) bond motifs is 1. The van der Waals surface area contributed by atoms with Gasteiger partial charge < -0.3 is 0 Å². The molecule has 0 saturated heterocycles. The van der Waals surface area contributed by atoms with Gasteiger partial charge >= 0.3 is 5.69 Å². The van der Waals surface area contributed by atoms with Crippen molar-refractivity contribution in [2.24, 2.45) is 0 Å². The van der Waals surface area contributed by atoms with Crippen molar-refractivity contribution in [2.45, 2.75) is 6.92 Å². The molecule has 0 aliphatic rings. The van der Waals surface area contributed by atoms with Gasteiger partial charge in [-0.25, -0.2) is 4.79 Å². The molecular weight excluding hydrogens is 146 g/mol. The van der Waals surface area contributed by atoms with Crippen LogP contribution in [-0.4, -0.2) is 24.6 Å². The molecule has 0 saturated carbocycles. The number of hydrogen-bond acceptors (Lipinski definition) is 4. The van der Waals surface area contributed by atoms with Crippen molar-refractivity contribution in [3.8, 4) is 0 Å². The van der Waals surface area contributed by atoms with Crippen LogP contribution in [0.1, 0.15) is 5.82 Å². The molecule has 0 aliphatic carbocycles. The molecule has 0 radical (unpaired) electrons. The molecule has 2 heterocycles. The largest absolute Gasteiger partial charge is 0.350 e. The minimum atomic E-state index is -0.315. The van der Waals surface area contributed by atoms with Crippen LogP contribution in [0.15, 0.2) is 11.1 Å². The lowest BCUT2D eigenvalue weighted by molar-refractivity contribution is 0.818. The molecule has 0 bridgehead atoms. The maximum atomic E-state index is 11.0. The predicted octanol–water partition coefficient (Wildman–Crippen LogP) is -0.879. The Morgan fingerprint density at radius 1 is 1.64 bits per heavy atom. The lowest BCUT2D eigenvalue weighted by Gasteiger charge is -1.90. The molecule has 11 heavy (non-hydrogen) atoms. The van der Waals surface area contributed by atoms with E-state index < -0.39 is 0 Å². The van der Waals surface area contributed by atoms with Crippen molar-refractivity contribution in [3.63, 3.8) is 0 Å².